The van der Waals surface area contributed by atoms with Gasteiger partial charge in [0.25, 0.3) is 0 Å². The molecule has 2 heteroatoms. The Kier molecular flexibility index (Phi) is 2.00. The van der Waals surface area contributed by atoms with Crippen molar-refractivity contribution in [1.82, 2.24) is 0 Å². The quantitative estimate of drug-likeness (QED) is 0.581. The molecule has 1 heterocycles. The average Bonchev–Trinajstić information content (AvgIpc) is 2.35. The normalized spacial score (nSPS) is 42.8. The van der Waals surface area contributed by atoms with Gasteiger partial charge in [-0.2, -0.15) is 0 Å². The summed E-state index contributed by atoms with van der Waals surface area (Å²) >= 11 is 0. The first-order chi connectivity index (χ1) is 6.04. The fraction of sp³-hybridized carbons (Fsp3) is 0.818. The zero-order valence-electron chi connectivity index (χ0n) is 8.42. The summed E-state index contributed by atoms with van der Waals surface area (Å²) in [6.07, 6.45) is 7.96. The Morgan fingerprint density at radius 2 is 2.08 bits per heavy atom. The zero-order chi connectivity index (χ0) is 9.53. The van der Waals surface area contributed by atoms with Gasteiger partial charge in [0.1, 0.15) is 5.60 Å². The Morgan fingerprint density at radius 3 is 2.62 bits per heavy atom. The summed E-state index contributed by atoms with van der Waals surface area (Å²) in [5.41, 5.74) is -0.555. The number of rotatable bonds is 0. The Balaban J connectivity index is 2.18. The number of ether oxygens (including phenoxy) is 1. The minimum atomic E-state index is -0.359. The van der Waals surface area contributed by atoms with Gasteiger partial charge < -0.3 is 9.84 Å². The summed E-state index contributed by atoms with van der Waals surface area (Å²) in [4.78, 5) is 0. The van der Waals surface area contributed by atoms with Crippen LogP contribution in [0.1, 0.15) is 39.5 Å². The molecule has 2 aliphatic rings. The Hall–Kier alpha value is -0.340. The molecule has 13 heavy (non-hydrogen) atoms. The predicted octanol–water partition coefficient (Wildman–Crippen LogP) is 2.03. The van der Waals surface area contributed by atoms with Gasteiger partial charge in [0.15, 0.2) is 0 Å². The molecule has 0 bridgehead atoms. The SMILES string of the molecule is CC1(C)C=C[C@@]2(CCCC[C@H]2O)O1. The van der Waals surface area contributed by atoms with Gasteiger partial charge in [0.05, 0.1) is 11.7 Å². The van der Waals surface area contributed by atoms with Gasteiger partial charge in [-0.15, -0.1) is 0 Å². The maximum absolute atomic E-state index is 9.92. The maximum atomic E-state index is 9.92. The molecule has 1 saturated carbocycles. The van der Waals surface area contributed by atoms with Crippen LogP contribution < -0.4 is 0 Å². The molecule has 0 saturated heterocycles. The molecule has 1 aliphatic heterocycles. The van der Waals surface area contributed by atoms with Crippen LogP contribution in [0.2, 0.25) is 0 Å². The average molecular weight is 182 g/mol. The summed E-state index contributed by atoms with van der Waals surface area (Å²) in [7, 11) is 0. The lowest BCUT2D eigenvalue weighted by Crippen LogP contribution is -2.46. The highest BCUT2D eigenvalue weighted by atomic mass is 16.5. The fourth-order valence-electron chi connectivity index (χ4n) is 2.36. The molecule has 0 amide bonds. The molecule has 74 valence electrons. The van der Waals surface area contributed by atoms with Gasteiger partial charge in [0, 0.05) is 0 Å². The van der Waals surface area contributed by atoms with Crippen molar-refractivity contribution in [3.05, 3.63) is 12.2 Å². The molecule has 0 radical (unpaired) electrons. The third-order valence-electron chi connectivity index (χ3n) is 3.08. The van der Waals surface area contributed by atoms with Crippen LogP contribution in [0.15, 0.2) is 12.2 Å². The highest BCUT2D eigenvalue weighted by molar-refractivity contribution is 5.19. The van der Waals surface area contributed by atoms with Crippen molar-refractivity contribution in [1.29, 1.82) is 0 Å². The van der Waals surface area contributed by atoms with E-state index in [0.717, 1.165) is 25.7 Å². The van der Waals surface area contributed by atoms with Gasteiger partial charge in [-0.05, 0) is 26.7 Å². The topological polar surface area (TPSA) is 29.5 Å². The van der Waals surface area contributed by atoms with E-state index in [9.17, 15) is 5.11 Å². The Morgan fingerprint density at radius 1 is 1.31 bits per heavy atom. The van der Waals surface area contributed by atoms with Crippen LogP contribution in [0.25, 0.3) is 0 Å². The van der Waals surface area contributed by atoms with E-state index >= 15 is 0 Å². The molecule has 2 rings (SSSR count). The highest BCUT2D eigenvalue weighted by Crippen LogP contribution is 2.41. The van der Waals surface area contributed by atoms with E-state index in [1.807, 2.05) is 13.8 Å². The van der Waals surface area contributed by atoms with Gasteiger partial charge in [-0.25, -0.2) is 0 Å². The largest absolute Gasteiger partial charge is 0.390 e. The summed E-state index contributed by atoms with van der Waals surface area (Å²) in [5.74, 6) is 0. The van der Waals surface area contributed by atoms with Crippen LogP contribution in [-0.4, -0.2) is 22.4 Å². The zero-order valence-corrected chi connectivity index (χ0v) is 8.42. The summed E-state index contributed by atoms with van der Waals surface area (Å²) in [6.45, 7) is 4.08. The number of hydrogen-bond donors (Lipinski definition) is 1. The van der Waals surface area contributed by atoms with E-state index < -0.39 is 0 Å². The Bertz CT molecular complexity index is 232. The first kappa shape index (κ1) is 9.22. The maximum Gasteiger partial charge on any atom is 0.113 e. The highest BCUT2D eigenvalue weighted by Gasteiger charge is 2.45. The van der Waals surface area contributed by atoms with Gasteiger partial charge >= 0.3 is 0 Å². The lowest BCUT2D eigenvalue weighted by Gasteiger charge is -2.39. The van der Waals surface area contributed by atoms with Crippen molar-refractivity contribution >= 4 is 0 Å². The first-order valence-electron chi connectivity index (χ1n) is 5.13. The minimum Gasteiger partial charge on any atom is -0.390 e. The molecule has 1 aliphatic carbocycles. The third-order valence-corrected chi connectivity index (χ3v) is 3.08. The summed E-state index contributed by atoms with van der Waals surface area (Å²) in [6, 6.07) is 0. The third kappa shape index (κ3) is 1.53. The van der Waals surface area contributed by atoms with Crippen LogP contribution in [0, 0.1) is 0 Å². The van der Waals surface area contributed by atoms with E-state index in [1.165, 1.54) is 0 Å². The monoisotopic (exact) mass is 182 g/mol. The molecule has 0 aromatic carbocycles. The second kappa shape index (κ2) is 2.82. The van der Waals surface area contributed by atoms with Crippen molar-refractivity contribution in [2.24, 2.45) is 0 Å². The molecular formula is C11H18O2. The van der Waals surface area contributed by atoms with Crippen LogP contribution in [0.5, 0.6) is 0 Å². The van der Waals surface area contributed by atoms with Gasteiger partial charge in [0.2, 0.25) is 0 Å². The van der Waals surface area contributed by atoms with E-state index in [-0.39, 0.29) is 17.3 Å². The number of aliphatic hydroxyl groups excluding tert-OH is 1. The summed E-state index contributed by atoms with van der Waals surface area (Å²) in [5, 5.41) is 9.92. The van der Waals surface area contributed by atoms with Gasteiger partial charge in [-0.3, -0.25) is 0 Å². The van der Waals surface area contributed by atoms with E-state index in [1.54, 1.807) is 0 Å². The number of hydrogen-bond acceptors (Lipinski definition) is 2. The molecular weight excluding hydrogens is 164 g/mol. The van der Waals surface area contributed by atoms with Crippen LogP contribution in [-0.2, 0) is 4.74 Å². The molecule has 1 N–H and O–H groups in total. The van der Waals surface area contributed by atoms with Gasteiger partial charge in [-0.1, -0.05) is 25.0 Å². The molecule has 0 aromatic heterocycles. The molecule has 2 atom stereocenters. The van der Waals surface area contributed by atoms with E-state index in [0.29, 0.717) is 0 Å². The van der Waals surface area contributed by atoms with Crippen molar-refractivity contribution in [3.63, 3.8) is 0 Å². The lowest BCUT2D eigenvalue weighted by molar-refractivity contribution is -0.145. The molecule has 2 nitrogen and oxygen atoms in total. The van der Waals surface area contributed by atoms with Crippen LogP contribution in [0.3, 0.4) is 0 Å². The first-order valence-corrected chi connectivity index (χ1v) is 5.13. The van der Waals surface area contributed by atoms with Crippen LogP contribution in [0.4, 0.5) is 0 Å². The van der Waals surface area contributed by atoms with Crippen LogP contribution >= 0.6 is 0 Å². The molecule has 1 fully saturated rings. The van der Waals surface area contributed by atoms with Crippen molar-refractivity contribution < 1.29 is 9.84 Å². The Labute approximate surface area is 79.6 Å². The lowest BCUT2D eigenvalue weighted by atomic mass is 9.82. The smallest absolute Gasteiger partial charge is 0.113 e. The van der Waals surface area contributed by atoms with E-state index in [4.69, 9.17) is 4.74 Å². The predicted molar refractivity (Wildman–Crippen MR) is 51.5 cm³/mol. The number of aliphatic hydroxyl groups is 1. The second-order valence-electron chi connectivity index (χ2n) is 4.76. The second-order valence-corrected chi connectivity index (χ2v) is 4.76. The molecule has 0 unspecified atom stereocenters. The molecule has 1 spiro atoms. The van der Waals surface area contributed by atoms with Crippen molar-refractivity contribution in [2.75, 3.05) is 0 Å². The van der Waals surface area contributed by atoms with Crippen molar-refractivity contribution in [3.8, 4) is 0 Å². The summed E-state index contributed by atoms with van der Waals surface area (Å²) < 4.78 is 5.93. The van der Waals surface area contributed by atoms with Crippen molar-refractivity contribution in [2.45, 2.75) is 56.8 Å². The fourth-order valence-corrected chi connectivity index (χ4v) is 2.36. The standard InChI is InChI=1S/C11H18O2/c1-10(2)7-8-11(13-10)6-4-3-5-9(11)12/h7-9,12H,3-6H2,1-2H3/t9-,11-/m1/s1. The minimum absolute atomic E-state index is 0.196. The van der Waals surface area contributed by atoms with E-state index in [2.05, 4.69) is 12.2 Å². The molecule has 0 aromatic rings.